The minimum absolute atomic E-state index is 0.167. The molecule has 0 unspecified atom stereocenters. The van der Waals surface area contributed by atoms with E-state index in [0.717, 1.165) is 0 Å². The summed E-state index contributed by atoms with van der Waals surface area (Å²) in [6.45, 7) is 3.54. The van der Waals surface area contributed by atoms with Crippen molar-refractivity contribution in [1.29, 1.82) is 0 Å². The van der Waals surface area contributed by atoms with Gasteiger partial charge in [0, 0.05) is 5.56 Å². The van der Waals surface area contributed by atoms with Crippen LogP contribution in [0.15, 0.2) is 12.1 Å². The van der Waals surface area contributed by atoms with Gasteiger partial charge >= 0.3 is 5.97 Å². The third kappa shape index (κ3) is 2.15. The van der Waals surface area contributed by atoms with E-state index < -0.39 is 5.97 Å². The lowest BCUT2D eigenvalue weighted by Gasteiger charge is -2.08. The van der Waals surface area contributed by atoms with E-state index in [9.17, 15) is 14.7 Å². The molecule has 80 valence electrons. The maximum Gasteiger partial charge on any atom is 0.338 e. The number of benzene rings is 1. The van der Waals surface area contributed by atoms with Crippen molar-refractivity contribution >= 4 is 12.3 Å². The molecular weight excluding hydrogens is 196 g/mol. The number of carbonyl (C=O) groups excluding carboxylic acids is 2. The molecule has 1 rings (SSSR count). The van der Waals surface area contributed by atoms with Gasteiger partial charge in [-0.2, -0.15) is 0 Å². The van der Waals surface area contributed by atoms with Crippen molar-refractivity contribution in [2.24, 2.45) is 0 Å². The standard InChI is InChI=1S/C11H12O4/c1-3-15-11(14)9-5-4-8(6-12)10(13)7(9)2/h4-6,13H,3H2,1-2H3. The molecule has 0 fully saturated rings. The molecule has 1 N–H and O–H groups in total. The van der Waals surface area contributed by atoms with Crippen LogP contribution in [0.1, 0.15) is 33.2 Å². The van der Waals surface area contributed by atoms with E-state index in [2.05, 4.69) is 0 Å². The van der Waals surface area contributed by atoms with Crippen LogP contribution in [0.3, 0.4) is 0 Å². The summed E-state index contributed by atoms with van der Waals surface area (Å²) in [5.41, 5.74) is 0.804. The Morgan fingerprint density at radius 3 is 2.73 bits per heavy atom. The van der Waals surface area contributed by atoms with Crippen LogP contribution in [-0.4, -0.2) is 24.0 Å². The number of aldehydes is 1. The molecule has 0 amide bonds. The normalized spacial score (nSPS) is 9.73. The number of phenolic OH excluding ortho intramolecular Hbond substituents is 1. The number of hydrogen-bond donors (Lipinski definition) is 1. The molecule has 0 saturated carbocycles. The molecule has 0 saturated heterocycles. The summed E-state index contributed by atoms with van der Waals surface area (Å²) >= 11 is 0. The number of rotatable bonds is 3. The van der Waals surface area contributed by atoms with Crippen LogP contribution < -0.4 is 0 Å². The fraction of sp³-hybridized carbons (Fsp3) is 0.273. The molecule has 0 aliphatic carbocycles. The van der Waals surface area contributed by atoms with Crippen molar-refractivity contribution in [3.8, 4) is 5.75 Å². The van der Waals surface area contributed by atoms with E-state index in [-0.39, 0.29) is 23.5 Å². The maximum atomic E-state index is 11.4. The smallest absolute Gasteiger partial charge is 0.338 e. The Kier molecular flexibility index (Phi) is 3.44. The fourth-order valence-corrected chi connectivity index (χ4v) is 1.25. The Hall–Kier alpha value is -1.84. The summed E-state index contributed by atoms with van der Waals surface area (Å²) in [5.74, 6) is -0.668. The third-order valence-corrected chi connectivity index (χ3v) is 2.08. The molecule has 1 aromatic rings. The predicted octanol–water partition coefficient (Wildman–Crippen LogP) is 1.69. The molecule has 0 heterocycles. The Bertz CT molecular complexity index is 396. The second-order valence-corrected chi connectivity index (χ2v) is 3.01. The van der Waals surface area contributed by atoms with Gasteiger partial charge in [-0.05, 0) is 26.0 Å². The molecule has 15 heavy (non-hydrogen) atoms. The molecule has 0 bridgehead atoms. The molecule has 1 aromatic carbocycles. The molecule has 0 aliphatic rings. The summed E-state index contributed by atoms with van der Waals surface area (Å²) in [5, 5.41) is 9.56. The second kappa shape index (κ2) is 4.59. The average Bonchev–Trinajstić information content (AvgIpc) is 2.22. The molecule has 4 nitrogen and oxygen atoms in total. The van der Waals surface area contributed by atoms with Gasteiger partial charge in [0.15, 0.2) is 6.29 Å². The Morgan fingerprint density at radius 1 is 1.53 bits per heavy atom. The molecule has 4 heteroatoms. The molecule has 0 atom stereocenters. The first-order valence-corrected chi connectivity index (χ1v) is 4.56. The van der Waals surface area contributed by atoms with Crippen molar-refractivity contribution in [1.82, 2.24) is 0 Å². The molecule has 0 radical (unpaired) electrons. The first-order chi connectivity index (χ1) is 7.11. The van der Waals surface area contributed by atoms with Crippen LogP contribution in [0.4, 0.5) is 0 Å². The predicted molar refractivity (Wildman–Crippen MR) is 54.2 cm³/mol. The largest absolute Gasteiger partial charge is 0.507 e. The number of aromatic hydroxyl groups is 1. The van der Waals surface area contributed by atoms with Gasteiger partial charge in [0.2, 0.25) is 0 Å². The van der Waals surface area contributed by atoms with Crippen LogP contribution in [-0.2, 0) is 4.74 Å². The zero-order valence-corrected chi connectivity index (χ0v) is 8.61. The number of ether oxygens (including phenoxy) is 1. The topological polar surface area (TPSA) is 63.6 Å². The first-order valence-electron chi connectivity index (χ1n) is 4.56. The second-order valence-electron chi connectivity index (χ2n) is 3.01. The first kappa shape index (κ1) is 11.2. The number of esters is 1. The molecular formula is C11H12O4. The zero-order chi connectivity index (χ0) is 11.4. The van der Waals surface area contributed by atoms with E-state index in [0.29, 0.717) is 11.8 Å². The van der Waals surface area contributed by atoms with Gasteiger partial charge in [0.25, 0.3) is 0 Å². The van der Waals surface area contributed by atoms with Crippen LogP contribution in [0.5, 0.6) is 5.75 Å². The van der Waals surface area contributed by atoms with Gasteiger partial charge in [-0.1, -0.05) is 0 Å². The van der Waals surface area contributed by atoms with Crippen LogP contribution >= 0.6 is 0 Å². The highest BCUT2D eigenvalue weighted by molar-refractivity contribution is 5.93. The monoisotopic (exact) mass is 208 g/mol. The minimum atomic E-state index is -0.497. The Labute approximate surface area is 87.5 Å². The van der Waals surface area contributed by atoms with Crippen LogP contribution in [0.2, 0.25) is 0 Å². The van der Waals surface area contributed by atoms with E-state index in [1.165, 1.54) is 12.1 Å². The van der Waals surface area contributed by atoms with E-state index >= 15 is 0 Å². The van der Waals surface area contributed by atoms with Gasteiger partial charge < -0.3 is 9.84 Å². The average molecular weight is 208 g/mol. The van der Waals surface area contributed by atoms with Crippen LogP contribution in [0.25, 0.3) is 0 Å². The van der Waals surface area contributed by atoms with Crippen molar-refractivity contribution in [2.45, 2.75) is 13.8 Å². The van der Waals surface area contributed by atoms with E-state index in [1.807, 2.05) is 0 Å². The Balaban J connectivity index is 3.17. The zero-order valence-electron chi connectivity index (χ0n) is 8.61. The summed E-state index contributed by atoms with van der Waals surface area (Å²) in [4.78, 5) is 21.9. The Morgan fingerprint density at radius 2 is 2.20 bits per heavy atom. The van der Waals surface area contributed by atoms with Crippen molar-refractivity contribution in [3.05, 3.63) is 28.8 Å². The van der Waals surface area contributed by atoms with E-state index in [1.54, 1.807) is 13.8 Å². The summed E-state index contributed by atoms with van der Waals surface area (Å²) < 4.78 is 4.80. The van der Waals surface area contributed by atoms with Gasteiger partial charge in [-0.15, -0.1) is 0 Å². The highest BCUT2D eigenvalue weighted by atomic mass is 16.5. The highest BCUT2D eigenvalue weighted by Crippen LogP contribution is 2.24. The SMILES string of the molecule is CCOC(=O)c1ccc(C=O)c(O)c1C. The number of carbonyl (C=O) groups is 2. The summed E-state index contributed by atoms with van der Waals surface area (Å²) in [6, 6.07) is 2.86. The fourth-order valence-electron chi connectivity index (χ4n) is 1.25. The van der Waals surface area contributed by atoms with Crippen molar-refractivity contribution in [3.63, 3.8) is 0 Å². The van der Waals surface area contributed by atoms with Gasteiger partial charge in [0.05, 0.1) is 17.7 Å². The number of phenols is 1. The van der Waals surface area contributed by atoms with Gasteiger partial charge in [-0.3, -0.25) is 4.79 Å². The lowest BCUT2D eigenvalue weighted by molar-refractivity contribution is 0.0524. The van der Waals surface area contributed by atoms with Crippen molar-refractivity contribution in [2.75, 3.05) is 6.61 Å². The third-order valence-electron chi connectivity index (χ3n) is 2.08. The maximum absolute atomic E-state index is 11.4. The van der Waals surface area contributed by atoms with Crippen LogP contribution in [0, 0.1) is 6.92 Å². The summed E-state index contributed by atoms with van der Waals surface area (Å²) in [7, 11) is 0. The molecule has 0 aromatic heterocycles. The number of hydrogen-bond acceptors (Lipinski definition) is 4. The lowest BCUT2D eigenvalue weighted by Crippen LogP contribution is -2.07. The molecule has 0 aliphatic heterocycles. The molecule has 0 spiro atoms. The highest BCUT2D eigenvalue weighted by Gasteiger charge is 2.14. The van der Waals surface area contributed by atoms with Crippen molar-refractivity contribution < 1.29 is 19.4 Å². The van der Waals surface area contributed by atoms with Gasteiger partial charge in [0.1, 0.15) is 5.75 Å². The lowest BCUT2D eigenvalue weighted by atomic mass is 10.0. The van der Waals surface area contributed by atoms with E-state index in [4.69, 9.17) is 4.74 Å². The van der Waals surface area contributed by atoms with Gasteiger partial charge in [-0.25, -0.2) is 4.79 Å². The summed E-state index contributed by atoms with van der Waals surface area (Å²) in [6.07, 6.45) is 0.539. The minimum Gasteiger partial charge on any atom is -0.507 e. The quantitative estimate of drug-likeness (QED) is 0.606.